The molecule has 7 heteroatoms. The average molecular weight is 361 g/mol. The lowest BCUT2D eigenvalue weighted by Crippen LogP contribution is -2.50. The lowest BCUT2D eigenvalue weighted by atomic mass is 10.0. The zero-order valence-electron chi connectivity index (χ0n) is 15.7. The monoisotopic (exact) mass is 361 g/mol. The summed E-state index contributed by atoms with van der Waals surface area (Å²) in [6, 6.07) is 8.12. The Morgan fingerprint density at radius 1 is 1.27 bits per heavy atom. The molecule has 1 aromatic carbocycles. The number of amides is 3. The van der Waals surface area contributed by atoms with Crippen LogP contribution in [0.4, 0.5) is 4.79 Å². The molecule has 0 aromatic heterocycles. The molecule has 142 valence electrons. The van der Waals surface area contributed by atoms with E-state index in [1.54, 1.807) is 11.9 Å². The van der Waals surface area contributed by atoms with Gasteiger partial charge in [0.15, 0.2) is 0 Å². The molecule has 3 unspecified atom stereocenters. The Bertz CT molecular complexity index is 647. The van der Waals surface area contributed by atoms with Crippen molar-refractivity contribution in [3.63, 3.8) is 0 Å². The van der Waals surface area contributed by atoms with Crippen LogP contribution in [0.3, 0.4) is 0 Å². The van der Waals surface area contributed by atoms with E-state index in [1.165, 1.54) is 0 Å². The van der Waals surface area contributed by atoms with E-state index in [0.29, 0.717) is 6.54 Å². The first-order valence-corrected chi connectivity index (χ1v) is 8.84. The summed E-state index contributed by atoms with van der Waals surface area (Å²) in [4.78, 5) is 38.0. The van der Waals surface area contributed by atoms with Gasteiger partial charge in [-0.3, -0.25) is 4.79 Å². The first-order chi connectivity index (χ1) is 12.3. The van der Waals surface area contributed by atoms with Crippen molar-refractivity contribution < 1.29 is 19.1 Å². The van der Waals surface area contributed by atoms with Crippen LogP contribution in [0.5, 0.6) is 0 Å². The van der Waals surface area contributed by atoms with Gasteiger partial charge in [-0.05, 0) is 18.4 Å². The molecule has 26 heavy (non-hydrogen) atoms. The van der Waals surface area contributed by atoms with Gasteiger partial charge in [0.05, 0.1) is 12.5 Å². The van der Waals surface area contributed by atoms with Gasteiger partial charge in [0.1, 0.15) is 12.1 Å². The van der Waals surface area contributed by atoms with E-state index >= 15 is 0 Å². The molecule has 1 aliphatic rings. The molecule has 2 N–H and O–H groups in total. The van der Waals surface area contributed by atoms with E-state index in [-0.39, 0.29) is 24.3 Å². The molecule has 0 radical (unpaired) electrons. The van der Waals surface area contributed by atoms with Crippen molar-refractivity contribution in [1.82, 2.24) is 15.5 Å². The Labute approximate surface area is 154 Å². The van der Waals surface area contributed by atoms with Crippen molar-refractivity contribution >= 4 is 17.9 Å². The highest BCUT2D eigenvalue weighted by Gasteiger charge is 2.38. The first kappa shape index (κ1) is 19.8. The molecule has 1 heterocycles. The molecular weight excluding hydrogens is 334 g/mol. The third-order valence-electron chi connectivity index (χ3n) is 4.69. The van der Waals surface area contributed by atoms with E-state index in [1.807, 2.05) is 51.1 Å². The molecule has 7 nitrogen and oxygen atoms in total. The minimum Gasteiger partial charge on any atom is -0.458 e. The summed E-state index contributed by atoms with van der Waals surface area (Å²) in [6.07, 6.45) is -0.315. The number of urea groups is 1. The number of esters is 1. The van der Waals surface area contributed by atoms with Crippen LogP contribution in [-0.4, -0.2) is 48.0 Å². The lowest BCUT2D eigenvalue weighted by Gasteiger charge is -2.25. The number of nitrogens with zero attached hydrogens (tertiary/aromatic N) is 1. The lowest BCUT2D eigenvalue weighted by molar-refractivity contribution is -0.153. The summed E-state index contributed by atoms with van der Waals surface area (Å²) in [5.74, 6) is -0.713. The van der Waals surface area contributed by atoms with Crippen molar-refractivity contribution in [2.45, 2.75) is 51.9 Å². The molecule has 1 aliphatic heterocycles. The number of rotatable bonds is 6. The third-order valence-corrected chi connectivity index (χ3v) is 4.69. The number of likely N-dealkylation sites (N-methyl/N-ethyl adjacent to an activating group) is 1. The second-order valence-electron chi connectivity index (χ2n) is 6.96. The number of nitrogens with one attached hydrogen (secondary N) is 2. The van der Waals surface area contributed by atoms with Gasteiger partial charge in [0.25, 0.3) is 0 Å². The number of hydrogen-bond acceptors (Lipinski definition) is 4. The SMILES string of the molecule is CC(C)C(NC(=O)NCc1ccccc1)C(=O)OC1CC(=O)N(C)C1C. The quantitative estimate of drug-likeness (QED) is 0.755. The molecule has 1 fully saturated rings. The van der Waals surface area contributed by atoms with Gasteiger partial charge < -0.3 is 20.3 Å². The van der Waals surface area contributed by atoms with E-state index in [0.717, 1.165) is 5.56 Å². The summed E-state index contributed by atoms with van der Waals surface area (Å²) in [5.41, 5.74) is 0.965. The molecule has 3 amide bonds. The summed E-state index contributed by atoms with van der Waals surface area (Å²) in [7, 11) is 1.69. The average Bonchev–Trinajstić information content (AvgIpc) is 2.85. The normalized spacial score (nSPS) is 20.8. The minimum absolute atomic E-state index is 0.0510. The number of carbonyl (C=O) groups excluding carboxylic acids is 3. The zero-order chi connectivity index (χ0) is 19.3. The van der Waals surface area contributed by atoms with E-state index < -0.39 is 24.1 Å². The first-order valence-electron chi connectivity index (χ1n) is 8.84. The maximum Gasteiger partial charge on any atom is 0.329 e. The summed E-state index contributed by atoms with van der Waals surface area (Å²) in [6.45, 7) is 5.87. The van der Waals surface area contributed by atoms with Crippen LogP contribution >= 0.6 is 0 Å². The molecule has 2 rings (SSSR count). The maximum absolute atomic E-state index is 12.5. The van der Waals surface area contributed by atoms with Gasteiger partial charge in [-0.15, -0.1) is 0 Å². The van der Waals surface area contributed by atoms with Crippen LogP contribution < -0.4 is 10.6 Å². The highest BCUT2D eigenvalue weighted by Crippen LogP contribution is 2.21. The topological polar surface area (TPSA) is 87.7 Å². The maximum atomic E-state index is 12.5. The van der Waals surface area contributed by atoms with Crippen molar-refractivity contribution in [3.8, 4) is 0 Å². The fraction of sp³-hybridized carbons (Fsp3) is 0.526. The predicted octanol–water partition coefficient (Wildman–Crippen LogP) is 1.67. The number of benzene rings is 1. The second-order valence-corrected chi connectivity index (χ2v) is 6.96. The van der Waals surface area contributed by atoms with Crippen LogP contribution in [-0.2, 0) is 20.9 Å². The largest absolute Gasteiger partial charge is 0.458 e. The fourth-order valence-electron chi connectivity index (χ4n) is 2.79. The molecule has 0 saturated carbocycles. The van der Waals surface area contributed by atoms with Crippen LogP contribution in [0.25, 0.3) is 0 Å². The van der Waals surface area contributed by atoms with Gasteiger partial charge in [-0.25, -0.2) is 9.59 Å². The number of carbonyl (C=O) groups is 3. The van der Waals surface area contributed by atoms with Gasteiger partial charge in [-0.2, -0.15) is 0 Å². The number of hydrogen-bond donors (Lipinski definition) is 2. The Morgan fingerprint density at radius 3 is 2.46 bits per heavy atom. The van der Waals surface area contributed by atoms with Crippen LogP contribution in [0, 0.1) is 5.92 Å². The van der Waals surface area contributed by atoms with Crippen molar-refractivity contribution in [1.29, 1.82) is 0 Å². The molecule has 0 spiro atoms. The molecular formula is C19H27N3O4. The summed E-state index contributed by atoms with van der Waals surface area (Å²) < 4.78 is 5.51. The van der Waals surface area contributed by atoms with Gasteiger partial charge >= 0.3 is 12.0 Å². The standard InChI is InChI=1S/C19H27N3O4/c1-12(2)17(18(24)26-15-10-16(23)22(4)13(15)3)21-19(25)20-11-14-8-6-5-7-9-14/h5-9,12-13,15,17H,10-11H2,1-4H3,(H2,20,21,25). The third kappa shape index (κ3) is 4.97. The zero-order valence-corrected chi connectivity index (χ0v) is 15.7. The van der Waals surface area contributed by atoms with Gasteiger partial charge in [0.2, 0.25) is 5.91 Å². The summed E-state index contributed by atoms with van der Waals surface area (Å²) >= 11 is 0. The molecule has 1 saturated heterocycles. The Kier molecular flexibility index (Phi) is 6.60. The van der Waals surface area contributed by atoms with Crippen molar-refractivity contribution in [2.24, 2.45) is 5.92 Å². The van der Waals surface area contributed by atoms with Crippen LogP contribution in [0.1, 0.15) is 32.8 Å². The Hall–Kier alpha value is -2.57. The Balaban J connectivity index is 1.90. The fourth-order valence-corrected chi connectivity index (χ4v) is 2.79. The number of ether oxygens (including phenoxy) is 1. The van der Waals surface area contributed by atoms with E-state index in [2.05, 4.69) is 10.6 Å². The molecule has 0 aliphatic carbocycles. The van der Waals surface area contributed by atoms with E-state index in [4.69, 9.17) is 4.74 Å². The smallest absolute Gasteiger partial charge is 0.329 e. The van der Waals surface area contributed by atoms with Crippen molar-refractivity contribution in [2.75, 3.05) is 7.05 Å². The van der Waals surface area contributed by atoms with Crippen LogP contribution in [0.15, 0.2) is 30.3 Å². The molecule has 0 bridgehead atoms. The molecule has 3 atom stereocenters. The van der Waals surface area contributed by atoms with Crippen LogP contribution in [0.2, 0.25) is 0 Å². The highest BCUT2D eigenvalue weighted by atomic mass is 16.5. The minimum atomic E-state index is -0.779. The Morgan fingerprint density at radius 2 is 1.92 bits per heavy atom. The van der Waals surface area contributed by atoms with E-state index in [9.17, 15) is 14.4 Å². The summed E-state index contributed by atoms with van der Waals surface area (Å²) in [5, 5.41) is 5.41. The number of likely N-dealkylation sites (tertiary alicyclic amines) is 1. The molecule has 1 aromatic rings. The highest BCUT2D eigenvalue weighted by molar-refractivity contribution is 5.85. The van der Waals surface area contributed by atoms with Gasteiger partial charge in [-0.1, -0.05) is 44.2 Å². The van der Waals surface area contributed by atoms with Gasteiger partial charge in [0, 0.05) is 13.6 Å². The second kappa shape index (κ2) is 8.69. The predicted molar refractivity (Wildman–Crippen MR) is 97.2 cm³/mol. The van der Waals surface area contributed by atoms with Crippen molar-refractivity contribution in [3.05, 3.63) is 35.9 Å².